The SMILES string of the molecule is Cc1cc(NN)nc(CN2CCN(C)C(=O)C2(C)C)n1. The molecule has 1 saturated heterocycles. The van der Waals surface area contributed by atoms with Crippen molar-refractivity contribution in [2.75, 3.05) is 25.6 Å². The minimum atomic E-state index is -0.545. The number of anilines is 1. The van der Waals surface area contributed by atoms with Crippen molar-refractivity contribution in [1.29, 1.82) is 0 Å². The number of hydrogen-bond acceptors (Lipinski definition) is 6. The van der Waals surface area contributed by atoms with Crippen molar-refractivity contribution in [2.45, 2.75) is 32.9 Å². The first-order valence-electron chi connectivity index (χ1n) is 6.66. The first-order chi connectivity index (χ1) is 9.34. The Hall–Kier alpha value is -1.73. The van der Waals surface area contributed by atoms with Crippen LogP contribution in [0.2, 0.25) is 0 Å². The molecule has 1 aliphatic heterocycles. The molecule has 0 aliphatic carbocycles. The van der Waals surface area contributed by atoms with Crippen molar-refractivity contribution in [3.05, 3.63) is 17.6 Å². The quantitative estimate of drug-likeness (QED) is 0.603. The standard InChI is InChI=1S/C13H22N6O/c1-9-7-10(17-14)16-11(15-9)8-19-6-5-18(4)12(20)13(19,2)3/h7H,5-6,8,14H2,1-4H3,(H,15,16,17). The second-order valence-electron chi connectivity index (χ2n) is 5.66. The average molecular weight is 278 g/mol. The number of hydrogen-bond donors (Lipinski definition) is 2. The third kappa shape index (κ3) is 2.73. The molecule has 1 aromatic rings. The number of piperazine rings is 1. The number of nitrogen functional groups attached to an aromatic ring is 1. The largest absolute Gasteiger partial charge is 0.343 e. The molecule has 0 atom stereocenters. The molecule has 7 nitrogen and oxygen atoms in total. The van der Waals surface area contributed by atoms with E-state index in [9.17, 15) is 4.79 Å². The van der Waals surface area contributed by atoms with Crippen molar-refractivity contribution < 1.29 is 4.79 Å². The number of aromatic nitrogens is 2. The molecule has 0 aromatic carbocycles. The summed E-state index contributed by atoms with van der Waals surface area (Å²) in [5.41, 5.74) is 2.84. The first kappa shape index (κ1) is 14.7. The van der Waals surface area contributed by atoms with Crippen LogP contribution in [0.5, 0.6) is 0 Å². The zero-order valence-corrected chi connectivity index (χ0v) is 12.5. The van der Waals surface area contributed by atoms with Crippen LogP contribution in [-0.2, 0) is 11.3 Å². The summed E-state index contributed by atoms with van der Waals surface area (Å²) in [7, 11) is 1.83. The van der Waals surface area contributed by atoms with Gasteiger partial charge in [-0.2, -0.15) is 0 Å². The van der Waals surface area contributed by atoms with E-state index in [0.717, 1.165) is 18.8 Å². The molecule has 0 radical (unpaired) electrons. The van der Waals surface area contributed by atoms with E-state index in [-0.39, 0.29) is 5.91 Å². The van der Waals surface area contributed by atoms with Crippen molar-refractivity contribution in [2.24, 2.45) is 5.84 Å². The van der Waals surface area contributed by atoms with E-state index in [2.05, 4.69) is 20.3 Å². The van der Waals surface area contributed by atoms with Crippen LogP contribution in [0.4, 0.5) is 5.82 Å². The molecule has 20 heavy (non-hydrogen) atoms. The average Bonchev–Trinajstić information content (AvgIpc) is 2.39. The summed E-state index contributed by atoms with van der Waals surface area (Å²) in [4.78, 5) is 24.9. The summed E-state index contributed by atoms with van der Waals surface area (Å²) in [5.74, 6) is 6.78. The molecular weight excluding hydrogens is 256 g/mol. The number of nitrogens with one attached hydrogen (secondary N) is 1. The van der Waals surface area contributed by atoms with Crippen molar-refractivity contribution in [1.82, 2.24) is 19.8 Å². The van der Waals surface area contributed by atoms with E-state index in [0.29, 0.717) is 18.2 Å². The van der Waals surface area contributed by atoms with Crippen LogP contribution in [0.25, 0.3) is 0 Å². The van der Waals surface area contributed by atoms with Crippen LogP contribution >= 0.6 is 0 Å². The minimum absolute atomic E-state index is 0.119. The Morgan fingerprint density at radius 3 is 2.75 bits per heavy atom. The summed E-state index contributed by atoms with van der Waals surface area (Å²) >= 11 is 0. The second kappa shape index (κ2) is 5.34. The molecule has 1 amide bonds. The lowest BCUT2D eigenvalue weighted by molar-refractivity contribution is -0.147. The van der Waals surface area contributed by atoms with Crippen LogP contribution in [0, 0.1) is 6.92 Å². The molecule has 110 valence electrons. The monoisotopic (exact) mass is 278 g/mol. The van der Waals surface area contributed by atoms with Crippen molar-refractivity contribution in [3.8, 4) is 0 Å². The Labute approximate surface area is 119 Å². The van der Waals surface area contributed by atoms with Gasteiger partial charge in [0, 0.05) is 31.9 Å². The maximum atomic E-state index is 12.2. The fourth-order valence-electron chi connectivity index (χ4n) is 2.48. The Morgan fingerprint density at radius 2 is 2.10 bits per heavy atom. The molecule has 0 bridgehead atoms. The highest BCUT2D eigenvalue weighted by molar-refractivity contribution is 5.86. The van der Waals surface area contributed by atoms with Crippen LogP contribution in [0.3, 0.4) is 0 Å². The predicted octanol–water partition coefficient (Wildman–Crippen LogP) is 0.123. The molecule has 0 saturated carbocycles. The van der Waals surface area contributed by atoms with Crippen LogP contribution in [0.15, 0.2) is 6.07 Å². The summed E-state index contributed by atoms with van der Waals surface area (Å²) in [6.45, 7) is 7.81. The molecule has 1 fully saturated rings. The number of carbonyl (C=O) groups is 1. The summed E-state index contributed by atoms with van der Waals surface area (Å²) < 4.78 is 0. The van der Waals surface area contributed by atoms with Gasteiger partial charge in [-0.15, -0.1) is 0 Å². The van der Waals surface area contributed by atoms with E-state index in [1.165, 1.54) is 0 Å². The molecule has 3 N–H and O–H groups in total. The van der Waals surface area contributed by atoms with Crippen LogP contribution in [0.1, 0.15) is 25.4 Å². The third-order valence-electron chi connectivity index (χ3n) is 3.75. The normalized spacial score (nSPS) is 19.2. The Bertz CT molecular complexity index is 516. The van der Waals surface area contributed by atoms with Gasteiger partial charge in [0.2, 0.25) is 5.91 Å². The number of nitrogens with zero attached hydrogens (tertiary/aromatic N) is 4. The third-order valence-corrected chi connectivity index (χ3v) is 3.75. The first-order valence-corrected chi connectivity index (χ1v) is 6.66. The van der Waals surface area contributed by atoms with E-state index in [1.807, 2.05) is 27.8 Å². The van der Waals surface area contributed by atoms with Crippen LogP contribution in [-0.4, -0.2) is 51.4 Å². The maximum Gasteiger partial charge on any atom is 0.242 e. The van der Waals surface area contributed by atoms with Gasteiger partial charge in [0.25, 0.3) is 0 Å². The summed E-state index contributed by atoms with van der Waals surface area (Å²) in [6.07, 6.45) is 0. The molecule has 0 spiro atoms. The lowest BCUT2D eigenvalue weighted by Gasteiger charge is -2.44. The predicted molar refractivity (Wildman–Crippen MR) is 76.7 cm³/mol. The summed E-state index contributed by atoms with van der Waals surface area (Å²) in [6, 6.07) is 1.78. The van der Waals surface area contributed by atoms with Crippen LogP contribution < -0.4 is 11.3 Å². The van der Waals surface area contributed by atoms with Gasteiger partial charge in [-0.05, 0) is 20.8 Å². The molecule has 7 heteroatoms. The number of carbonyl (C=O) groups excluding carboxylic acids is 1. The molecule has 0 unspecified atom stereocenters. The van der Waals surface area contributed by atoms with Gasteiger partial charge in [-0.25, -0.2) is 15.8 Å². The topological polar surface area (TPSA) is 87.4 Å². The lowest BCUT2D eigenvalue weighted by Crippen LogP contribution is -2.61. The highest BCUT2D eigenvalue weighted by Crippen LogP contribution is 2.23. The zero-order valence-electron chi connectivity index (χ0n) is 12.5. The van der Waals surface area contributed by atoms with E-state index in [4.69, 9.17) is 5.84 Å². The van der Waals surface area contributed by atoms with E-state index in [1.54, 1.807) is 11.0 Å². The Balaban J connectivity index is 2.21. The van der Waals surface area contributed by atoms with Gasteiger partial charge >= 0.3 is 0 Å². The molecule has 1 aliphatic rings. The van der Waals surface area contributed by atoms with Crippen molar-refractivity contribution in [3.63, 3.8) is 0 Å². The van der Waals surface area contributed by atoms with Crippen molar-refractivity contribution >= 4 is 11.7 Å². The number of amides is 1. The molecule has 1 aromatic heterocycles. The lowest BCUT2D eigenvalue weighted by atomic mass is 9.98. The Kier molecular flexibility index (Phi) is 3.92. The second-order valence-corrected chi connectivity index (χ2v) is 5.66. The van der Waals surface area contributed by atoms with Gasteiger partial charge in [-0.1, -0.05) is 0 Å². The maximum absolute atomic E-state index is 12.2. The Morgan fingerprint density at radius 1 is 1.40 bits per heavy atom. The van der Waals surface area contributed by atoms with Gasteiger partial charge in [0.05, 0.1) is 12.1 Å². The number of aryl methyl sites for hydroxylation is 1. The highest BCUT2D eigenvalue weighted by atomic mass is 16.2. The number of rotatable bonds is 3. The number of likely N-dealkylation sites (N-methyl/N-ethyl adjacent to an activating group) is 1. The smallest absolute Gasteiger partial charge is 0.242 e. The fraction of sp³-hybridized carbons (Fsp3) is 0.615. The van der Waals surface area contributed by atoms with Gasteiger partial charge < -0.3 is 10.3 Å². The zero-order chi connectivity index (χ0) is 14.9. The molecule has 2 heterocycles. The van der Waals surface area contributed by atoms with E-state index >= 15 is 0 Å². The van der Waals surface area contributed by atoms with Gasteiger partial charge in [0.1, 0.15) is 11.6 Å². The van der Waals surface area contributed by atoms with E-state index < -0.39 is 5.54 Å². The molecular formula is C13H22N6O. The van der Waals surface area contributed by atoms with Gasteiger partial charge in [-0.3, -0.25) is 9.69 Å². The molecule has 2 rings (SSSR count). The highest BCUT2D eigenvalue weighted by Gasteiger charge is 2.40. The number of nitrogens with two attached hydrogens (primary N) is 1. The minimum Gasteiger partial charge on any atom is -0.343 e. The van der Waals surface area contributed by atoms with Gasteiger partial charge in [0.15, 0.2) is 0 Å². The fourth-order valence-corrected chi connectivity index (χ4v) is 2.48. The summed E-state index contributed by atoms with van der Waals surface area (Å²) in [5, 5.41) is 0. The number of hydrazine groups is 1.